The van der Waals surface area contributed by atoms with E-state index in [1.54, 1.807) is 29.2 Å². The van der Waals surface area contributed by atoms with Crippen LogP contribution in [0.2, 0.25) is 0 Å². The summed E-state index contributed by atoms with van der Waals surface area (Å²) in [5.41, 5.74) is 1.36. The molecule has 6 heteroatoms. The fourth-order valence-electron chi connectivity index (χ4n) is 3.62. The van der Waals surface area contributed by atoms with Gasteiger partial charge in [-0.1, -0.05) is 57.2 Å². The highest BCUT2D eigenvalue weighted by atomic mass is 16.5. The molecule has 1 N–H and O–H groups in total. The highest BCUT2D eigenvalue weighted by Crippen LogP contribution is 2.24. The van der Waals surface area contributed by atoms with Crippen molar-refractivity contribution < 1.29 is 19.1 Å². The van der Waals surface area contributed by atoms with Crippen LogP contribution < -0.4 is 5.32 Å². The predicted octanol–water partition coefficient (Wildman–Crippen LogP) is 4.27. The van der Waals surface area contributed by atoms with Gasteiger partial charge in [0.1, 0.15) is 6.61 Å². The Kier molecular flexibility index (Phi) is 7.10. The van der Waals surface area contributed by atoms with Crippen LogP contribution in [0, 0.1) is 11.3 Å². The fraction of sp³-hybridized carbons (Fsp3) is 0.400. The normalized spacial score (nSPS) is 16.5. The minimum Gasteiger partial charge on any atom is -0.457 e. The van der Waals surface area contributed by atoms with E-state index >= 15 is 0 Å². The SMILES string of the molecule is CC(C)(C)C(=O)N1CCCC(C(=O)Nc2cccc(C(=O)OCc3ccccc3)c2)C1. The number of hydrogen-bond donors (Lipinski definition) is 1. The van der Waals surface area contributed by atoms with Crippen LogP contribution in [-0.2, 0) is 20.9 Å². The van der Waals surface area contributed by atoms with Crippen molar-refractivity contribution in [3.63, 3.8) is 0 Å². The molecule has 0 aromatic heterocycles. The van der Waals surface area contributed by atoms with Crippen molar-refractivity contribution in [1.29, 1.82) is 0 Å². The number of carbonyl (C=O) groups is 3. The number of nitrogens with zero attached hydrogens (tertiary/aromatic N) is 1. The van der Waals surface area contributed by atoms with E-state index in [1.165, 1.54) is 0 Å². The van der Waals surface area contributed by atoms with Crippen molar-refractivity contribution in [2.75, 3.05) is 18.4 Å². The monoisotopic (exact) mass is 422 g/mol. The van der Waals surface area contributed by atoms with Gasteiger partial charge < -0.3 is 15.0 Å². The van der Waals surface area contributed by atoms with Crippen LogP contribution in [0.1, 0.15) is 49.5 Å². The predicted molar refractivity (Wildman–Crippen MR) is 119 cm³/mol. The van der Waals surface area contributed by atoms with Crippen LogP contribution in [0.15, 0.2) is 54.6 Å². The third kappa shape index (κ3) is 6.17. The Morgan fingerprint density at radius 1 is 1.06 bits per heavy atom. The molecule has 2 aromatic carbocycles. The van der Waals surface area contributed by atoms with E-state index in [0.29, 0.717) is 24.3 Å². The number of ether oxygens (including phenoxy) is 1. The highest BCUT2D eigenvalue weighted by Gasteiger charge is 2.33. The summed E-state index contributed by atoms with van der Waals surface area (Å²) in [4.78, 5) is 39.6. The van der Waals surface area contributed by atoms with Gasteiger partial charge in [0, 0.05) is 24.2 Å². The lowest BCUT2D eigenvalue weighted by atomic mass is 9.91. The molecule has 1 heterocycles. The number of anilines is 1. The molecule has 1 atom stereocenters. The molecular weight excluding hydrogens is 392 g/mol. The molecular formula is C25H30N2O4. The summed E-state index contributed by atoms with van der Waals surface area (Å²) in [5.74, 6) is -0.789. The zero-order valence-electron chi connectivity index (χ0n) is 18.4. The molecule has 0 saturated carbocycles. The van der Waals surface area contributed by atoms with Gasteiger partial charge in [-0.3, -0.25) is 9.59 Å². The van der Waals surface area contributed by atoms with Crippen molar-refractivity contribution >= 4 is 23.5 Å². The number of likely N-dealkylation sites (tertiary alicyclic amines) is 1. The topological polar surface area (TPSA) is 75.7 Å². The minimum absolute atomic E-state index is 0.0631. The lowest BCUT2D eigenvalue weighted by Crippen LogP contribution is -2.47. The van der Waals surface area contributed by atoms with Gasteiger partial charge in [-0.2, -0.15) is 0 Å². The van der Waals surface area contributed by atoms with Crippen LogP contribution in [-0.4, -0.2) is 35.8 Å². The summed E-state index contributed by atoms with van der Waals surface area (Å²) >= 11 is 0. The zero-order valence-corrected chi connectivity index (χ0v) is 18.4. The first-order chi connectivity index (χ1) is 14.7. The first kappa shape index (κ1) is 22.5. The van der Waals surface area contributed by atoms with E-state index in [2.05, 4.69) is 5.32 Å². The average molecular weight is 423 g/mol. The second kappa shape index (κ2) is 9.77. The summed E-state index contributed by atoms with van der Waals surface area (Å²) in [6.07, 6.45) is 1.53. The van der Waals surface area contributed by atoms with Crippen LogP contribution in [0.4, 0.5) is 5.69 Å². The molecule has 2 amide bonds. The first-order valence-electron chi connectivity index (χ1n) is 10.7. The second-order valence-corrected chi connectivity index (χ2v) is 8.97. The smallest absolute Gasteiger partial charge is 0.338 e. The van der Waals surface area contributed by atoms with Crippen LogP contribution in [0.5, 0.6) is 0 Å². The highest BCUT2D eigenvalue weighted by molar-refractivity contribution is 5.96. The van der Waals surface area contributed by atoms with Gasteiger partial charge in [0.05, 0.1) is 11.5 Å². The summed E-state index contributed by atoms with van der Waals surface area (Å²) in [6, 6.07) is 16.2. The van der Waals surface area contributed by atoms with Gasteiger partial charge >= 0.3 is 5.97 Å². The van der Waals surface area contributed by atoms with Crippen LogP contribution in [0.3, 0.4) is 0 Å². The Hall–Kier alpha value is -3.15. The van der Waals surface area contributed by atoms with E-state index in [1.807, 2.05) is 51.1 Å². The standard InChI is InChI=1S/C25H30N2O4/c1-25(2,3)24(30)27-14-8-12-20(16-27)22(28)26-21-13-7-11-19(15-21)23(29)31-17-18-9-5-4-6-10-18/h4-7,9-11,13,15,20H,8,12,14,16-17H2,1-3H3,(H,26,28). The summed E-state index contributed by atoms with van der Waals surface area (Å²) in [6.45, 7) is 6.96. The Bertz CT molecular complexity index is 934. The van der Waals surface area contributed by atoms with Crippen molar-refractivity contribution in [3.05, 3.63) is 65.7 Å². The lowest BCUT2D eigenvalue weighted by molar-refractivity contribution is -0.142. The van der Waals surface area contributed by atoms with E-state index in [4.69, 9.17) is 4.74 Å². The molecule has 1 saturated heterocycles. The molecule has 2 aromatic rings. The molecule has 1 aliphatic rings. The number of rotatable bonds is 5. The Labute approximate surface area is 183 Å². The number of piperidine rings is 1. The number of benzene rings is 2. The number of esters is 1. The summed E-state index contributed by atoms with van der Waals surface area (Å²) < 4.78 is 5.37. The summed E-state index contributed by atoms with van der Waals surface area (Å²) in [5, 5.41) is 2.89. The number of hydrogen-bond acceptors (Lipinski definition) is 4. The first-order valence-corrected chi connectivity index (χ1v) is 10.7. The van der Waals surface area contributed by atoms with Gasteiger partial charge in [0.25, 0.3) is 0 Å². The molecule has 0 bridgehead atoms. The second-order valence-electron chi connectivity index (χ2n) is 8.97. The molecule has 1 unspecified atom stereocenters. The van der Waals surface area contributed by atoms with E-state index in [-0.39, 0.29) is 24.3 Å². The Morgan fingerprint density at radius 2 is 1.81 bits per heavy atom. The quantitative estimate of drug-likeness (QED) is 0.731. The summed E-state index contributed by atoms with van der Waals surface area (Å²) in [7, 11) is 0. The molecule has 164 valence electrons. The van der Waals surface area contributed by atoms with E-state index in [9.17, 15) is 14.4 Å². The van der Waals surface area contributed by atoms with E-state index in [0.717, 1.165) is 18.4 Å². The molecule has 6 nitrogen and oxygen atoms in total. The third-order valence-electron chi connectivity index (χ3n) is 5.30. The zero-order chi connectivity index (χ0) is 22.4. The van der Waals surface area contributed by atoms with Crippen molar-refractivity contribution in [2.45, 2.75) is 40.2 Å². The lowest BCUT2D eigenvalue weighted by Gasteiger charge is -2.35. The van der Waals surface area contributed by atoms with Crippen LogP contribution in [0.25, 0.3) is 0 Å². The number of carbonyl (C=O) groups excluding carboxylic acids is 3. The van der Waals surface area contributed by atoms with Gasteiger partial charge in [0.15, 0.2) is 0 Å². The maximum atomic E-state index is 12.8. The fourth-order valence-corrected chi connectivity index (χ4v) is 3.62. The molecule has 0 radical (unpaired) electrons. The van der Waals surface area contributed by atoms with Crippen molar-refractivity contribution in [1.82, 2.24) is 4.90 Å². The Morgan fingerprint density at radius 3 is 2.52 bits per heavy atom. The molecule has 0 spiro atoms. The molecule has 0 aliphatic carbocycles. The van der Waals surface area contributed by atoms with Gasteiger partial charge in [0.2, 0.25) is 11.8 Å². The van der Waals surface area contributed by atoms with Gasteiger partial charge in [-0.25, -0.2) is 4.79 Å². The Balaban J connectivity index is 1.59. The average Bonchev–Trinajstić information content (AvgIpc) is 2.77. The molecule has 1 fully saturated rings. The van der Waals surface area contributed by atoms with Crippen LogP contribution >= 0.6 is 0 Å². The number of amides is 2. The van der Waals surface area contributed by atoms with Gasteiger partial charge in [-0.05, 0) is 36.6 Å². The molecule has 1 aliphatic heterocycles. The van der Waals surface area contributed by atoms with Crippen molar-refractivity contribution in [3.8, 4) is 0 Å². The largest absolute Gasteiger partial charge is 0.457 e. The third-order valence-corrected chi connectivity index (χ3v) is 5.30. The molecule has 3 rings (SSSR count). The maximum Gasteiger partial charge on any atom is 0.338 e. The number of nitrogens with one attached hydrogen (secondary N) is 1. The van der Waals surface area contributed by atoms with Gasteiger partial charge in [-0.15, -0.1) is 0 Å². The molecule has 31 heavy (non-hydrogen) atoms. The van der Waals surface area contributed by atoms with E-state index < -0.39 is 11.4 Å². The van der Waals surface area contributed by atoms with Crippen molar-refractivity contribution in [2.24, 2.45) is 11.3 Å². The maximum absolute atomic E-state index is 12.8. The minimum atomic E-state index is -0.465.